The molecule has 0 aromatic carbocycles. The molecule has 1 N–H and O–H groups in total. The molecule has 0 radical (unpaired) electrons. The van der Waals surface area contributed by atoms with Crippen molar-refractivity contribution in [2.75, 3.05) is 13.1 Å². The van der Waals surface area contributed by atoms with E-state index in [2.05, 4.69) is 26.1 Å². The van der Waals surface area contributed by atoms with Gasteiger partial charge in [-0.05, 0) is 30.8 Å². The van der Waals surface area contributed by atoms with Crippen molar-refractivity contribution >= 4 is 0 Å². The number of hydrogen-bond donors (Lipinski definition) is 1. The summed E-state index contributed by atoms with van der Waals surface area (Å²) in [6, 6.07) is 0. The van der Waals surface area contributed by atoms with Crippen LogP contribution in [0.2, 0.25) is 0 Å². The van der Waals surface area contributed by atoms with E-state index in [-0.39, 0.29) is 0 Å². The van der Waals surface area contributed by atoms with Gasteiger partial charge in [0.15, 0.2) is 0 Å². The molecular weight excluding hydrogens is 170 g/mol. The third kappa shape index (κ3) is 5.64. The highest BCUT2D eigenvalue weighted by molar-refractivity contribution is 4.69. The molecule has 1 heteroatoms. The van der Waals surface area contributed by atoms with Crippen molar-refractivity contribution < 1.29 is 0 Å². The van der Waals surface area contributed by atoms with Crippen LogP contribution in [0, 0.1) is 11.3 Å². The Labute approximate surface area is 89.7 Å². The molecule has 1 aliphatic carbocycles. The Hall–Kier alpha value is -0.0400. The molecule has 0 aliphatic heterocycles. The van der Waals surface area contributed by atoms with E-state index >= 15 is 0 Å². The maximum atomic E-state index is 3.57. The second-order valence-corrected chi connectivity index (χ2v) is 6.03. The van der Waals surface area contributed by atoms with E-state index in [1.54, 1.807) is 0 Å². The number of rotatable bonds is 4. The van der Waals surface area contributed by atoms with Gasteiger partial charge in [0.05, 0.1) is 0 Å². The minimum Gasteiger partial charge on any atom is -0.316 e. The van der Waals surface area contributed by atoms with Crippen molar-refractivity contribution in [1.82, 2.24) is 5.32 Å². The molecule has 0 heterocycles. The van der Waals surface area contributed by atoms with Crippen LogP contribution >= 0.6 is 0 Å². The summed E-state index contributed by atoms with van der Waals surface area (Å²) in [6.45, 7) is 9.25. The van der Waals surface area contributed by atoms with Gasteiger partial charge in [-0.15, -0.1) is 0 Å². The summed E-state index contributed by atoms with van der Waals surface area (Å²) in [5, 5.41) is 3.57. The predicted molar refractivity (Wildman–Crippen MR) is 63.5 cm³/mol. The fourth-order valence-electron chi connectivity index (χ4n) is 2.25. The molecule has 1 rings (SSSR count). The van der Waals surface area contributed by atoms with Crippen LogP contribution < -0.4 is 5.32 Å². The van der Waals surface area contributed by atoms with Crippen molar-refractivity contribution in [3.05, 3.63) is 0 Å². The van der Waals surface area contributed by atoms with Crippen LogP contribution in [-0.2, 0) is 0 Å². The molecule has 0 aromatic rings. The molecule has 1 fully saturated rings. The molecule has 0 saturated heterocycles. The molecule has 1 saturated carbocycles. The van der Waals surface area contributed by atoms with Gasteiger partial charge in [0.2, 0.25) is 0 Å². The molecule has 14 heavy (non-hydrogen) atoms. The molecule has 0 aromatic heterocycles. The minimum atomic E-state index is 0.437. The monoisotopic (exact) mass is 197 g/mol. The third-order valence-electron chi connectivity index (χ3n) is 3.11. The van der Waals surface area contributed by atoms with Gasteiger partial charge in [-0.25, -0.2) is 0 Å². The van der Waals surface area contributed by atoms with Crippen molar-refractivity contribution in [2.24, 2.45) is 11.3 Å². The van der Waals surface area contributed by atoms with Crippen molar-refractivity contribution in [1.29, 1.82) is 0 Å². The van der Waals surface area contributed by atoms with Crippen molar-refractivity contribution in [3.63, 3.8) is 0 Å². The second-order valence-electron chi connectivity index (χ2n) is 6.03. The zero-order chi connectivity index (χ0) is 10.4. The average Bonchev–Trinajstić information content (AvgIpc) is 2.13. The van der Waals surface area contributed by atoms with Gasteiger partial charge in [0.25, 0.3) is 0 Å². The Morgan fingerprint density at radius 1 is 1.07 bits per heavy atom. The first-order chi connectivity index (χ1) is 6.58. The first kappa shape index (κ1) is 12.0. The SMILES string of the molecule is CC(C)(C)CNCCC1CCCCC1. The smallest absolute Gasteiger partial charge is 0.0000124 e. The van der Waals surface area contributed by atoms with Gasteiger partial charge >= 0.3 is 0 Å². The van der Waals surface area contributed by atoms with Gasteiger partial charge < -0.3 is 5.32 Å². The van der Waals surface area contributed by atoms with Gasteiger partial charge in [-0.1, -0.05) is 52.9 Å². The highest BCUT2D eigenvalue weighted by Crippen LogP contribution is 2.25. The van der Waals surface area contributed by atoms with E-state index in [0.29, 0.717) is 5.41 Å². The van der Waals surface area contributed by atoms with E-state index in [4.69, 9.17) is 0 Å². The van der Waals surface area contributed by atoms with E-state index < -0.39 is 0 Å². The molecule has 0 spiro atoms. The normalized spacial score (nSPS) is 19.9. The summed E-state index contributed by atoms with van der Waals surface area (Å²) in [5.74, 6) is 1.02. The lowest BCUT2D eigenvalue weighted by molar-refractivity contribution is 0.318. The lowest BCUT2D eigenvalue weighted by Crippen LogP contribution is -2.28. The van der Waals surface area contributed by atoms with Crippen LogP contribution in [0.1, 0.15) is 59.3 Å². The summed E-state index contributed by atoms with van der Waals surface area (Å²) in [4.78, 5) is 0. The minimum absolute atomic E-state index is 0.437. The van der Waals surface area contributed by atoms with Crippen LogP contribution in [0.4, 0.5) is 0 Å². The van der Waals surface area contributed by atoms with Crippen LogP contribution in [0.25, 0.3) is 0 Å². The van der Waals surface area contributed by atoms with Crippen molar-refractivity contribution in [2.45, 2.75) is 59.3 Å². The summed E-state index contributed by atoms with van der Waals surface area (Å²) in [7, 11) is 0. The maximum Gasteiger partial charge on any atom is -0.0000124 e. The molecule has 1 nitrogen and oxygen atoms in total. The molecular formula is C13H27N. The van der Waals surface area contributed by atoms with Gasteiger partial charge in [-0.3, -0.25) is 0 Å². The van der Waals surface area contributed by atoms with Crippen LogP contribution in [0.5, 0.6) is 0 Å². The largest absolute Gasteiger partial charge is 0.316 e. The van der Waals surface area contributed by atoms with E-state index in [0.717, 1.165) is 12.5 Å². The quantitative estimate of drug-likeness (QED) is 0.679. The molecule has 0 atom stereocenters. The van der Waals surface area contributed by atoms with Crippen LogP contribution in [0.15, 0.2) is 0 Å². The van der Waals surface area contributed by atoms with Crippen LogP contribution in [0.3, 0.4) is 0 Å². The van der Waals surface area contributed by atoms with Crippen LogP contribution in [-0.4, -0.2) is 13.1 Å². The molecule has 0 unspecified atom stereocenters. The average molecular weight is 197 g/mol. The Bertz CT molecular complexity index is 140. The molecule has 1 aliphatic rings. The molecule has 0 amide bonds. The van der Waals surface area contributed by atoms with E-state index in [9.17, 15) is 0 Å². The van der Waals surface area contributed by atoms with E-state index in [1.807, 2.05) is 0 Å². The third-order valence-corrected chi connectivity index (χ3v) is 3.11. The Kier molecular flexibility index (Phi) is 4.94. The Balaban J connectivity index is 1.97. The highest BCUT2D eigenvalue weighted by atomic mass is 14.9. The summed E-state index contributed by atoms with van der Waals surface area (Å²) >= 11 is 0. The molecule has 0 bridgehead atoms. The van der Waals surface area contributed by atoms with E-state index in [1.165, 1.54) is 45.1 Å². The fraction of sp³-hybridized carbons (Fsp3) is 1.00. The number of hydrogen-bond acceptors (Lipinski definition) is 1. The summed E-state index contributed by atoms with van der Waals surface area (Å²) in [6.07, 6.45) is 8.80. The first-order valence-electron chi connectivity index (χ1n) is 6.29. The Morgan fingerprint density at radius 2 is 1.71 bits per heavy atom. The summed E-state index contributed by atoms with van der Waals surface area (Å²) in [5.41, 5.74) is 0.437. The lowest BCUT2D eigenvalue weighted by atomic mass is 9.87. The maximum absolute atomic E-state index is 3.57. The number of nitrogens with one attached hydrogen (secondary N) is 1. The second kappa shape index (κ2) is 5.75. The fourth-order valence-corrected chi connectivity index (χ4v) is 2.25. The zero-order valence-electron chi connectivity index (χ0n) is 10.2. The van der Waals surface area contributed by atoms with Gasteiger partial charge in [-0.2, -0.15) is 0 Å². The van der Waals surface area contributed by atoms with Gasteiger partial charge in [0, 0.05) is 0 Å². The first-order valence-corrected chi connectivity index (χ1v) is 6.29. The Morgan fingerprint density at radius 3 is 2.29 bits per heavy atom. The standard InChI is InChI=1S/C13H27N/c1-13(2,3)11-14-10-9-12-7-5-4-6-8-12/h12,14H,4-11H2,1-3H3. The molecule has 84 valence electrons. The highest BCUT2D eigenvalue weighted by Gasteiger charge is 2.13. The van der Waals surface area contributed by atoms with Crippen molar-refractivity contribution in [3.8, 4) is 0 Å². The van der Waals surface area contributed by atoms with Gasteiger partial charge in [0.1, 0.15) is 0 Å². The summed E-state index contributed by atoms with van der Waals surface area (Å²) < 4.78 is 0. The lowest BCUT2D eigenvalue weighted by Gasteiger charge is -2.23. The zero-order valence-corrected chi connectivity index (χ0v) is 10.2. The topological polar surface area (TPSA) is 12.0 Å². The predicted octanol–water partition coefficient (Wildman–Crippen LogP) is 3.59.